The summed E-state index contributed by atoms with van der Waals surface area (Å²) in [6, 6.07) is 14.7. The first-order valence-corrected chi connectivity index (χ1v) is 8.11. The van der Waals surface area contributed by atoms with E-state index in [1.165, 1.54) is 17.7 Å². The highest BCUT2D eigenvalue weighted by Gasteiger charge is 2.28. The number of benzene rings is 2. The molecule has 1 saturated heterocycles. The molecular weight excluding hydrogens is 303 g/mol. The molecule has 5 heteroatoms. The first-order chi connectivity index (χ1) is 11.7. The van der Waals surface area contributed by atoms with Crippen LogP contribution in [0.25, 0.3) is 11.0 Å². The average Bonchev–Trinajstić information content (AvgIpc) is 3.21. The average molecular weight is 320 g/mol. The van der Waals surface area contributed by atoms with Gasteiger partial charge in [0, 0.05) is 6.54 Å². The Labute approximate surface area is 139 Å². The molecule has 120 valence electrons. The lowest BCUT2D eigenvalue weighted by molar-refractivity contribution is 0.241. The van der Waals surface area contributed by atoms with Crippen molar-refractivity contribution in [1.82, 2.24) is 14.9 Å². The summed E-state index contributed by atoms with van der Waals surface area (Å²) in [5.41, 5.74) is 3.41. The summed E-state index contributed by atoms with van der Waals surface area (Å²) < 4.78 is 13.4. The lowest BCUT2D eigenvalue weighted by atomic mass is 10.1. The van der Waals surface area contributed by atoms with Crippen LogP contribution < -0.4 is 0 Å². The number of hydrogen-bond donors (Lipinski definition) is 1. The van der Waals surface area contributed by atoms with Gasteiger partial charge in [-0.15, -0.1) is 0 Å². The summed E-state index contributed by atoms with van der Waals surface area (Å²) in [7, 11) is 0. The molecule has 3 aromatic rings. The Balaban J connectivity index is 1.58. The summed E-state index contributed by atoms with van der Waals surface area (Å²) in [6.07, 6.45) is 2.16. The molecule has 1 unspecified atom stereocenters. The summed E-state index contributed by atoms with van der Waals surface area (Å²) in [6.45, 7) is 1.83. The predicted molar refractivity (Wildman–Crippen MR) is 89.6 cm³/mol. The monoisotopic (exact) mass is 320 g/mol. The molecule has 2 heterocycles. The van der Waals surface area contributed by atoms with E-state index in [0.717, 1.165) is 42.8 Å². The zero-order chi connectivity index (χ0) is 16.5. The normalized spacial score (nSPS) is 18.1. The maximum absolute atomic E-state index is 13.4. The van der Waals surface area contributed by atoms with E-state index >= 15 is 0 Å². The topological polar surface area (TPSA) is 55.7 Å². The Hall–Kier alpha value is -2.71. The molecule has 0 radical (unpaired) electrons. The Morgan fingerprint density at radius 3 is 2.88 bits per heavy atom. The molecule has 24 heavy (non-hydrogen) atoms. The van der Waals surface area contributed by atoms with E-state index in [0.29, 0.717) is 5.56 Å². The van der Waals surface area contributed by atoms with Gasteiger partial charge in [-0.1, -0.05) is 12.1 Å². The third-order valence-electron chi connectivity index (χ3n) is 4.61. The second-order valence-electron chi connectivity index (χ2n) is 6.22. The third kappa shape index (κ3) is 2.77. The summed E-state index contributed by atoms with van der Waals surface area (Å²) in [5, 5.41) is 8.89. The lowest BCUT2D eigenvalue weighted by Crippen LogP contribution is -2.23. The zero-order valence-electron chi connectivity index (χ0n) is 13.2. The minimum Gasteiger partial charge on any atom is -0.341 e. The van der Waals surface area contributed by atoms with Crippen molar-refractivity contribution in [2.45, 2.75) is 25.4 Å². The van der Waals surface area contributed by atoms with Crippen LogP contribution in [0.3, 0.4) is 0 Å². The van der Waals surface area contributed by atoms with E-state index in [9.17, 15) is 4.39 Å². The second kappa shape index (κ2) is 6.06. The van der Waals surface area contributed by atoms with E-state index in [2.05, 4.69) is 20.9 Å². The number of nitrogens with zero attached hydrogens (tertiary/aromatic N) is 3. The molecule has 1 N–H and O–H groups in total. The first-order valence-electron chi connectivity index (χ1n) is 8.11. The molecule has 1 atom stereocenters. The Morgan fingerprint density at radius 2 is 2.08 bits per heavy atom. The Kier molecular flexibility index (Phi) is 3.75. The predicted octanol–water partition coefficient (Wildman–Crippen LogP) is 3.91. The maximum Gasteiger partial charge on any atom is 0.125 e. The van der Waals surface area contributed by atoms with Gasteiger partial charge in [0.2, 0.25) is 0 Å². The highest BCUT2D eigenvalue weighted by atomic mass is 19.1. The van der Waals surface area contributed by atoms with E-state index < -0.39 is 0 Å². The van der Waals surface area contributed by atoms with Crippen molar-refractivity contribution in [3.8, 4) is 6.07 Å². The highest BCUT2D eigenvalue weighted by Crippen LogP contribution is 2.32. The molecule has 4 nitrogen and oxygen atoms in total. The highest BCUT2D eigenvalue weighted by molar-refractivity contribution is 5.75. The van der Waals surface area contributed by atoms with Gasteiger partial charge in [0.15, 0.2) is 0 Å². The fraction of sp³-hybridized carbons (Fsp3) is 0.263. The molecule has 4 rings (SSSR count). The van der Waals surface area contributed by atoms with Crippen LogP contribution in [0.5, 0.6) is 0 Å². The van der Waals surface area contributed by atoms with E-state index in [4.69, 9.17) is 5.26 Å². The van der Waals surface area contributed by atoms with Gasteiger partial charge in [0.05, 0.1) is 28.7 Å². The number of imidazole rings is 1. The van der Waals surface area contributed by atoms with Crippen molar-refractivity contribution in [1.29, 1.82) is 5.26 Å². The first kappa shape index (κ1) is 14.9. The van der Waals surface area contributed by atoms with Crippen LogP contribution in [0.15, 0.2) is 42.5 Å². The minimum absolute atomic E-state index is 0.219. The third-order valence-corrected chi connectivity index (χ3v) is 4.61. The summed E-state index contributed by atoms with van der Waals surface area (Å²) in [5.74, 6) is 0.653. The molecule has 2 aromatic carbocycles. The van der Waals surface area contributed by atoms with E-state index in [1.54, 1.807) is 6.07 Å². The number of rotatable bonds is 3. The van der Waals surface area contributed by atoms with Gasteiger partial charge in [-0.05, 0) is 55.3 Å². The molecule has 0 bridgehead atoms. The van der Waals surface area contributed by atoms with E-state index in [1.807, 2.05) is 24.3 Å². The Bertz CT molecular complexity index is 907. The number of hydrogen-bond acceptors (Lipinski definition) is 3. The van der Waals surface area contributed by atoms with Gasteiger partial charge < -0.3 is 4.98 Å². The number of H-pyrrole nitrogens is 1. The van der Waals surface area contributed by atoms with Crippen LogP contribution in [0.2, 0.25) is 0 Å². The van der Waals surface area contributed by atoms with Crippen molar-refractivity contribution in [2.24, 2.45) is 0 Å². The largest absolute Gasteiger partial charge is 0.341 e. The SMILES string of the molecule is N#Cc1ccc(CN2CCCC2c2nc3ccc(F)cc3[nH]2)cc1. The van der Waals surface area contributed by atoms with Crippen molar-refractivity contribution >= 4 is 11.0 Å². The molecule has 1 aromatic heterocycles. The van der Waals surface area contributed by atoms with Crippen LogP contribution in [0.4, 0.5) is 4.39 Å². The van der Waals surface area contributed by atoms with Gasteiger partial charge in [-0.25, -0.2) is 9.37 Å². The quantitative estimate of drug-likeness (QED) is 0.796. The number of aromatic amines is 1. The van der Waals surface area contributed by atoms with Crippen LogP contribution in [0.1, 0.15) is 35.8 Å². The van der Waals surface area contributed by atoms with E-state index in [-0.39, 0.29) is 11.9 Å². The molecule has 0 spiro atoms. The molecule has 1 aliphatic heterocycles. The van der Waals surface area contributed by atoms with Gasteiger partial charge >= 0.3 is 0 Å². The van der Waals surface area contributed by atoms with Gasteiger partial charge in [-0.2, -0.15) is 5.26 Å². The van der Waals surface area contributed by atoms with Crippen molar-refractivity contribution < 1.29 is 4.39 Å². The standard InChI is InChI=1S/C19H17FN4/c20-15-7-8-16-17(10-15)23-19(22-16)18-2-1-9-24(18)12-14-5-3-13(11-21)4-6-14/h3-8,10,18H,1-2,9,12H2,(H,22,23). The van der Waals surface area contributed by atoms with Crippen LogP contribution in [-0.4, -0.2) is 21.4 Å². The number of nitrogens with one attached hydrogen (secondary N) is 1. The number of halogens is 1. The van der Waals surface area contributed by atoms with Crippen LogP contribution in [0, 0.1) is 17.1 Å². The van der Waals surface area contributed by atoms with Crippen LogP contribution in [-0.2, 0) is 6.54 Å². The number of nitriles is 1. The minimum atomic E-state index is -0.251. The number of fused-ring (bicyclic) bond motifs is 1. The van der Waals surface area contributed by atoms with Gasteiger partial charge in [0.1, 0.15) is 11.6 Å². The summed E-state index contributed by atoms with van der Waals surface area (Å²) in [4.78, 5) is 10.3. The van der Waals surface area contributed by atoms with Crippen molar-refractivity contribution in [2.75, 3.05) is 6.54 Å². The van der Waals surface area contributed by atoms with Crippen LogP contribution >= 0.6 is 0 Å². The molecule has 0 aliphatic carbocycles. The zero-order valence-corrected chi connectivity index (χ0v) is 13.2. The molecule has 1 fully saturated rings. The fourth-order valence-electron chi connectivity index (χ4n) is 3.40. The molecule has 0 amide bonds. The second-order valence-corrected chi connectivity index (χ2v) is 6.22. The molecular formula is C19H17FN4. The number of likely N-dealkylation sites (tertiary alicyclic amines) is 1. The number of aromatic nitrogens is 2. The Morgan fingerprint density at radius 1 is 1.25 bits per heavy atom. The molecule has 1 aliphatic rings. The maximum atomic E-state index is 13.4. The van der Waals surface area contributed by atoms with Gasteiger partial charge in [0.25, 0.3) is 0 Å². The van der Waals surface area contributed by atoms with Gasteiger partial charge in [-0.3, -0.25) is 4.90 Å². The molecule has 0 saturated carbocycles. The summed E-state index contributed by atoms with van der Waals surface area (Å²) >= 11 is 0. The lowest BCUT2D eigenvalue weighted by Gasteiger charge is -2.22. The fourth-order valence-corrected chi connectivity index (χ4v) is 3.40. The smallest absolute Gasteiger partial charge is 0.125 e. The van der Waals surface area contributed by atoms with Crippen molar-refractivity contribution in [3.63, 3.8) is 0 Å². The van der Waals surface area contributed by atoms with Crippen molar-refractivity contribution in [3.05, 3.63) is 65.2 Å².